The summed E-state index contributed by atoms with van der Waals surface area (Å²) in [5.41, 5.74) is 7.93. The molecule has 19 heavy (non-hydrogen) atoms. The number of anilines is 2. The number of benzene rings is 1. The van der Waals surface area contributed by atoms with E-state index < -0.39 is 0 Å². The fourth-order valence-electron chi connectivity index (χ4n) is 2.65. The summed E-state index contributed by atoms with van der Waals surface area (Å²) in [5.74, 6) is 0.749. The molecule has 0 atom stereocenters. The van der Waals surface area contributed by atoms with Gasteiger partial charge in [-0.05, 0) is 44.7 Å². The van der Waals surface area contributed by atoms with E-state index in [4.69, 9.17) is 10.5 Å². The number of nitrogens with two attached hydrogens (primary N) is 1. The second kappa shape index (κ2) is 5.72. The van der Waals surface area contributed by atoms with E-state index in [1.807, 2.05) is 25.1 Å². The maximum absolute atomic E-state index is 5.89. The van der Waals surface area contributed by atoms with Crippen LogP contribution in [0.3, 0.4) is 0 Å². The first-order chi connectivity index (χ1) is 8.63. The molecule has 0 unspecified atom stereocenters. The molecule has 0 radical (unpaired) electrons. The molecule has 1 rings (SSSR count). The van der Waals surface area contributed by atoms with Gasteiger partial charge in [0.1, 0.15) is 5.75 Å². The maximum atomic E-state index is 5.89. The second-order valence-corrected chi connectivity index (χ2v) is 6.93. The predicted molar refractivity (Wildman–Crippen MR) is 83.8 cm³/mol. The summed E-state index contributed by atoms with van der Waals surface area (Å²) in [6.07, 6.45) is 1.08. The Kier molecular flexibility index (Phi) is 4.72. The van der Waals surface area contributed by atoms with Crippen molar-refractivity contribution in [2.45, 2.75) is 53.5 Å². The molecule has 0 aliphatic heterocycles. The molecule has 3 heteroatoms. The molecule has 3 nitrogen and oxygen atoms in total. The summed E-state index contributed by atoms with van der Waals surface area (Å²) in [7, 11) is 0. The minimum atomic E-state index is 0.0256. The summed E-state index contributed by atoms with van der Waals surface area (Å²) in [4.78, 5) is 0. The topological polar surface area (TPSA) is 47.3 Å². The van der Waals surface area contributed by atoms with Crippen LogP contribution in [0.4, 0.5) is 11.4 Å². The highest BCUT2D eigenvalue weighted by Gasteiger charge is 2.25. The molecule has 0 saturated heterocycles. The normalized spacial score (nSPS) is 12.3. The number of hydrogen-bond donors (Lipinski definition) is 2. The number of nitrogens with one attached hydrogen (secondary N) is 1. The van der Waals surface area contributed by atoms with Crippen molar-refractivity contribution in [2.75, 3.05) is 17.7 Å². The summed E-state index contributed by atoms with van der Waals surface area (Å²) in [6, 6.07) is 5.87. The van der Waals surface area contributed by atoms with Crippen molar-refractivity contribution < 1.29 is 4.74 Å². The summed E-state index contributed by atoms with van der Waals surface area (Å²) < 4.78 is 5.53. The molecule has 0 aromatic heterocycles. The van der Waals surface area contributed by atoms with E-state index in [0.29, 0.717) is 12.3 Å². The predicted octanol–water partition coefficient (Wildman–Crippen LogP) is 4.29. The van der Waals surface area contributed by atoms with Gasteiger partial charge in [0.25, 0.3) is 0 Å². The molecular formula is C16H28N2O. The molecule has 0 amide bonds. The van der Waals surface area contributed by atoms with Crippen LogP contribution in [0.15, 0.2) is 18.2 Å². The third-order valence-electron chi connectivity index (χ3n) is 2.77. The molecule has 3 N–H and O–H groups in total. The quantitative estimate of drug-likeness (QED) is 0.780. The third kappa shape index (κ3) is 5.41. The van der Waals surface area contributed by atoms with Crippen LogP contribution in [0.2, 0.25) is 0 Å². The van der Waals surface area contributed by atoms with Crippen molar-refractivity contribution in [3.8, 4) is 5.75 Å². The Bertz CT molecular complexity index is 419. The van der Waals surface area contributed by atoms with E-state index >= 15 is 0 Å². The first-order valence-corrected chi connectivity index (χ1v) is 6.93. The highest BCUT2D eigenvalue weighted by Crippen LogP contribution is 2.32. The van der Waals surface area contributed by atoms with Crippen molar-refractivity contribution in [3.63, 3.8) is 0 Å². The zero-order chi connectivity index (χ0) is 14.7. The number of rotatable bonds is 5. The largest absolute Gasteiger partial charge is 0.492 e. The Morgan fingerprint density at radius 1 is 1.16 bits per heavy atom. The van der Waals surface area contributed by atoms with Gasteiger partial charge in [0, 0.05) is 17.3 Å². The molecule has 0 spiro atoms. The Labute approximate surface area is 117 Å². The van der Waals surface area contributed by atoms with Gasteiger partial charge in [0.15, 0.2) is 0 Å². The lowest BCUT2D eigenvalue weighted by Crippen LogP contribution is -2.35. The van der Waals surface area contributed by atoms with Crippen LogP contribution in [-0.2, 0) is 0 Å². The van der Waals surface area contributed by atoms with Gasteiger partial charge in [-0.25, -0.2) is 0 Å². The molecule has 0 aliphatic carbocycles. The molecule has 0 aliphatic rings. The van der Waals surface area contributed by atoms with Gasteiger partial charge in [-0.15, -0.1) is 0 Å². The number of nitrogen functional groups attached to an aromatic ring is 1. The van der Waals surface area contributed by atoms with Crippen LogP contribution in [0.25, 0.3) is 0 Å². The second-order valence-electron chi connectivity index (χ2n) is 6.93. The van der Waals surface area contributed by atoms with Crippen molar-refractivity contribution in [1.29, 1.82) is 0 Å². The van der Waals surface area contributed by atoms with Crippen molar-refractivity contribution >= 4 is 11.4 Å². The van der Waals surface area contributed by atoms with Gasteiger partial charge in [-0.3, -0.25) is 0 Å². The van der Waals surface area contributed by atoms with Crippen molar-refractivity contribution in [2.24, 2.45) is 5.41 Å². The molecule has 1 aromatic rings. The molecule has 108 valence electrons. The minimum Gasteiger partial charge on any atom is -0.492 e. The average Bonchev–Trinajstić information content (AvgIpc) is 2.19. The standard InChI is InChI=1S/C16H28N2O/c1-7-19-14-10-12(8-9-13(14)17)18-16(5,6)11-15(2,3)4/h8-10,18H,7,11,17H2,1-6H3. The van der Waals surface area contributed by atoms with Crippen LogP contribution in [0.1, 0.15) is 48.0 Å². The van der Waals surface area contributed by atoms with E-state index in [2.05, 4.69) is 39.9 Å². The van der Waals surface area contributed by atoms with E-state index in [9.17, 15) is 0 Å². The van der Waals surface area contributed by atoms with E-state index in [1.165, 1.54) is 0 Å². The Morgan fingerprint density at radius 3 is 2.32 bits per heavy atom. The van der Waals surface area contributed by atoms with E-state index in [0.717, 1.165) is 17.9 Å². The smallest absolute Gasteiger partial charge is 0.144 e. The van der Waals surface area contributed by atoms with Gasteiger partial charge in [-0.2, -0.15) is 0 Å². The fourth-order valence-corrected chi connectivity index (χ4v) is 2.65. The average molecular weight is 264 g/mol. The first-order valence-electron chi connectivity index (χ1n) is 6.93. The molecule has 0 fully saturated rings. The summed E-state index contributed by atoms with van der Waals surface area (Å²) >= 11 is 0. The fraction of sp³-hybridized carbons (Fsp3) is 0.625. The molecule has 0 bridgehead atoms. The Balaban J connectivity index is 2.84. The lowest BCUT2D eigenvalue weighted by molar-refractivity contribution is 0.302. The molecular weight excluding hydrogens is 236 g/mol. The highest BCUT2D eigenvalue weighted by molar-refractivity contribution is 5.62. The summed E-state index contributed by atoms with van der Waals surface area (Å²) in [6.45, 7) is 13.8. The third-order valence-corrected chi connectivity index (χ3v) is 2.77. The minimum absolute atomic E-state index is 0.0256. The van der Waals surface area contributed by atoms with E-state index in [-0.39, 0.29) is 11.0 Å². The lowest BCUT2D eigenvalue weighted by atomic mass is 9.81. The number of hydrogen-bond acceptors (Lipinski definition) is 3. The van der Waals surface area contributed by atoms with Gasteiger partial charge in [0.2, 0.25) is 0 Å². The molecule has 0 saturated carbocycles. The van der Waals surface area contributed by atoms with Crippen LogP contribution in [0.5, 0.6) is 5.75 Å². The van der Waals surface area contributed by atoms with Crippen molar-refractivity contribution in [1.82, 2.24) is 0 Å². The van der Waals surface area contributed by atoms with Gasteiger partial charge >= 0.3 is 0 Å². The number of ether oxygens (including phenoxy) is 1. The Morgan fingerprint density at radius 2 is 1.79 bits per heavy atom. The molecule has 0 heterocycles. The zero-order valence-electron chi connectivity index (χ0n) is 13.1. The van der Waals surface area contributed by atoms with Crippen LogP contribution < -0.4 is 15.8 Å². The lowest BCUT2D eigenvalue weighted by Gasteiger charge is -2.34. The zero-order valence-corrected chi connectivity index (χ0v) is 13.1. The maximum Gasteiger partial charge on any atom is 0.144 e. The highest BCUT2D eigenvalue weighted by atomic mass is 16.5. The summed E-state index contributed by atoms with van der Waals surface area (Å²) in [5, 5.41) is 3.57. The van der Waals surface area contributed by atoms with Crippen LogP contribution in [-0.4, -0.2) is 12.1 Å². The SMILES string of the molecule is CCOc1cc(NC(C)(C)CC(C)(C)C)ccc1N. The monoisotopic (exact) mass is 264 g/mol. The van der Waals surface area contributed by atoms with Gasteiger partial charge in [-0.1, -0.05) is 20.8 Å². The van der Waals surface area contributed by atoms with Crippen LogP contribution in [0, 0.1) is 5.41 Å². The van der Waals surface area contributed by atoms with Gasteiger partial charge < -0.3 is 15.8 Å². The van der Waals surface area contributed by atoms with Crippen molar-refractivity contribution in [3.05, 3.63) is 18.2 Å². The first kappa shape index (κ1) is 15.7. The van der Waals surface area contributed by atoms with Crippen LogP contribution >= 0.6 is 0 Å². The van der Waals surface area contributed by atoms with E-state index in [1.54, 1.807) is 0 Å². The van der Waals surface area contributed by atoms with Gasteiger partial charge in [0.05, 0.1) is 12.3 Å². The Hall–Kier alpha value is -1.38. The molecule has 1 aromatic carbocycles.